The van der Waals surface area contributed by atoms with E-state index in [1.54, 1.807) is 8.70 Å². The minimum absolute atomic E-state index is 0.603. The molecule has 1 heterocycles. The van der Waals surface area contributed by atoms with E-state index < -0.39 is 0 Å². The average Bonchev–Trinajstić information content (AvgIpc) is 2.28. The summed E-state index contributed by atoms with van der Waals surface area (Å²) >= 11 is 0.603. The summed E-state index contributed by atoms with van der Waals surface area (Å²) in [5.41, 5.74) is 2.89. The van der Waals surface area contributed by atoms with E-state index in [9.17, 15) is 0 Å². The topological polar surface area (TPSA) is 0 Å². The number of benzene rings is 1. The van der Waals surface area contributed by atoms with Crippen LogP contribution >= 0.6 is 0 Å². The summed E-state index contributed by atoms with van der Waals surface area (Å²) in [7, 11) is 0. The van der Waals surface area contributed by atoms with E-state index in [1.807, 2.05) is 0 Å². The summed E-state index contributed by atoms with van der Waals surface area (Å²) in [6.45, 7) is 6.66. The van der Waals surface area contributed by atoms with E-state index >= 15 is 0 Å². The standard InChI is InChI=1S/C11H12Se/c1-7-4-5-10-8(2)9(3)12-11(10)6-7/h4-6H,1-3H3. The molecule has 2 rings (SSSR count). The van der Waals surface area contributed by atoms with Crippen molar-refractivity contribution < 1.29 is 0 Å². The van der Waals surface area contributed by atoms with Crippen LogP contribution in [0.5, 0.6) is 0 Å². The molecule has 0 amide bonds. The fourth-order valence-corrected chi connectivity index (χ4v) is 3.91. The van der Waals surface area contributed by atoms with Crippen molar-refractivity contribution in [2.75, 3.05) is 0 Å². The van der Waals surface area contributed by atoms with Gasteiger partial charge in [0, 0.05) is 0 Å². The van der Waals surface area contributed by atoms with Gasteiger partial charge in [0.25, 0.3) is 0 Å². The molecular formula is C11H12Se. The van der Waals surface area contributed by atoms with Crippen LogP contribution < -0.4 is 0 Å². The summed E-state index contributed by atoms with van der Waals surface area (Å²) in [5, 5.41) is 1.48. The number of rotatable bonds is 0. The molecule has 0 saturated carbocycles. The molecule has 12 heavy (non-hydrogen) atoms. The first-order chi connectivity index (χ1) is 5.68. The molecule has 0 spiro atoms. The Kier molecular flexibility index (Phi) is 1.86. The maximum atomic E-state index is 2.33. The van der Waals surface area contributed by atoms with Crippen molar-refractivity contribution in [1.82, 2.24) is 0 Å². The van der Waals surface area contributed by atoms with Crippen molar-refractivity contribution in [2.45, 2.75) is 20.8 Å². The first-order valence-electron chi connectivity index (χ1n) is 4.15. The monoisotopic (exact) mass is 224 g/mol. The first-order valence-corrected chi connectivity index (χ1v) is 5.86. The predicted molar refractivity (Wildman–Crippen MR) is 55.1 cm³/mol. The number of aryl methyl sites for hydroxylation is 3. The minimum atomic E-state index is 0.603. The quantitative estimate of drug-likeness (QED) is 0.602. The molecule has 0 saturated heterocycles. The van der Waals surface area contributed by atoms with E-state index in [4.69, 9.17) is 0 Å². The molecule has 2 aromatic rings. The molecule has 0 atom stereocenters. The molecule has 1 aromatic carbocycles. The van der Waals surface area contributed by atoms with Gasteiger partial charge < -0.3 is 0 Å². The van der Waals surface area contributed by atoms with Gasteiger partial charge in [0.2, 0.25) is 0 Å². The Morgan fingerprint density at radius 2 is 1.83 bits per heavy atom. The summed E-state index contributed by atoms with van der Waals surface area (Å²) in [4.78, 5) is 0. The zero-order chi connectivity index (χ0) is 8.72. The van der Waals surface area contributed by atoms with Crippen molar-refractivity contribution in [1.29, 1.82) is 0 Å². The van der Waals surface area contributed by atoms with Crippen LogP contribution in [0.4, 0.5) is 0 Å². The van der Waals surface area contributed by atoms with Gasteiger partial charge in [-0.15, -0.1) is 0 Å². The van der Waals surface area contributed by atoms with Crippen molar-refractivity contribution in [3.8, 4) is 0 Å². The molecule has 0 fully saturated rings. The molecule has 0 radical (unpaired) electrons. The first kappa shape index (κ1) is 8.09. The van der Waals surface area contributed by atoms with Gasteiger partial charge in [-0.3, -0.25) is 0 Å². The Morgan fingerprint density at radius 1 is 1.08 bits per heavy atom. The summed E-state index contributed by atoms with van der Waals surface area (Å²) in [5.74, 6) is 0. The van der Waals surface area contributed by atoms with Crippen LogP contribution in [0.1, 0.15) is 15.6 Å². The van der Waals surface area contributed by atoms with Gasteiger partial charge in [-0.25, -0.2) is 0 Å². The van der Waals surface area contributed by atoms with Gasteiger partial charge in [0.15, 0.2) is 0 Å². The van der Waals surface area contributed by atoms with Crippen LogP contribution in [0.2, 0.25) is 0 Å². The second-order valence-electron chi connectivity index (χ2n) is 3.28. The predicted octanol–water partition coefficient (Wildman–Crippen LogP) is 2.82. The Morgan fingerprint density at radius 3 is 2.58 bits per heavy atom. The second-order valence-corrected chi connectivity index (χ2v) is 5.92. The number of hydrogen-bond donors (Lipinski definition) is 0. The fourth-order valence-electron chi connectivity index (χ4n) is 1.45. The molecule has 1 heteroatoms. The fraction of sp³-hybridized carbons (Fsp3) is 0.273. The van der Waals surface area contributed by atoms with Crippen LogP contribution in [0.15, 0.2) is 18.2 Å². The average molecular weight is 223 g/mol. The van der Waals surface area contributed by atoms with E-state index in [0.29, 0.717) is 14.5 Å². The Hall–Kier alpha value is -0.521. The molecule has 0 aliphatic heterocycles. The van der Waals surface area contributed by atoms with Crippen LogP contribution in [-0.2, 0) is 0 Å². The zero-order valence-corrected chi connectivity index (χ0v) is 9.35. The van der Waals surface area contributed by atoms with Gasteiger partial charge in [-0.05, 0) is 0 Å². The van der Waals surface area contributed by atoms with Crippen LogP contribution in [0, 0.1) is 20.8 Å². The van der Waals surface area contributed by atoms with E-state index in [2.05, 4.69) is 39.0 Å². The third-order valence-corrected chi connectivity index (χ3v) is 4.79. The van der Waals surface area contributed by atoms with Crippen LogP contribution in [0.3, 0.4) is 0 Å². The van der Waals surface area contributed by atoms with Gasteiger partial charge in [0.1, 0.15) is 0 Å². The Labute approximate surface area is 79.0 Å². The van der Waals surface area contributed by atoms with Gasteiger partial charge in [-0.2, -0.15) is 0 Å². The Balaban J connectivity index is 2.87. The molecule has 0 nitrogen and oxygen atoms in total. The van der Waals surface area contributed by atoms with Crippen LogP contribution in [-0.4, -0.2) is 14.5 Å². The number of hydrogen-bond acceptors (Lipinski definition) is 0. The third kappa shape index (κ3) is 1.14. The summed E-state index contributed by atoms with van der Waals surface area (Å²) in [6, 6.07) is 6.80. The van der Waals surface area contributed by atoms with E-state index in [1.165, 1.54) is 16.5 Å². The number of fused-ring (bicyclic) bond motifs is 1. The van der Waals surface area contributed by atoms with Gasteiger partial charge in [0.05, 0.1) is 0 Å². The Bertz CT molecular complexity index is 424. The van der Waals surface area contributed by atoms with Crippen LogP contribution in [0.25, 0.3) is 9.65 Å². The second kappa shape index (κ2) is 2.76. The molecule has 0 unspecified atom stereocenters. The molecule has 0 aliphatic carbocycles. The van der Waals surface area contributed by atoms with Gasteiger partial charge in [-0.1, -0.05) is 0 Å². The van der Waals surface area contributed by atoms with Crippen molar-refractivity contribution >= 4 is 24.1 Å². The molecular weight excluding hydrogens is 211 g/mol. The van der Waals surface area contributed by atoms with E-state index in [-0.39, 0.29) is 0 Å². The van der Waals surface area contributed by atoms with Crippen molar-refractivity contribution in [3.63, 3.8) is 0 Å². The summed E-state index contributed by atoms with van der Waals surface area (Å²) in [6.07, 6.45) is 0. The van der Waals surface area contributed by atoms with E-state index in [0.717, 1.165) is 0 Å². The zero-order valence-electron chi connectivity index (χ0n) is 7.64. The molecule has 1 aromatic heterocycles. The van der Waals surface area contributed by atoms with Crippen molar-refractivity contribution in [3.05, 3.63) is 33.8 Å². The molecule has 0 bridgehead atoms. The molecule has 0 N–H and O–H groups in total. The third-order valence-electron chi connectivity index (χ3n) is 2.33. The maximum absolute atomic E-state index is 2.33. The van der Waals surface area contributed by atoms with Crippen molar-refractivity contribution in [2.24, 2.45) is 0 Å². The molecule has 0 aliphatic rings. The molecule has 62 valence electrons. The normalized spacial score (nSPS) is 10.9. The van der Waals surface area contributed by atoms with Gasteiger partial charge >= 0.3 is 78.7 Å². The summed E-state index contributed by atoms with van der Waals surface area (Å²) < 4.78 is 3.15. The SMILES string of the molecule is Cc1ccc2c(C)c(C)[se]c2c1.